The summed E-state index contributed by atoms with van der Waals surface area (Å²) < 4.78 is 11.1. The van der Waals surface area contributed by atoms with E-state index in [1.165, 1.54) is 0 Å². The van der Waals surface area contributed by atoms with Crippen molar-refractivity contribution in [1.82, 2.24) is 4.90 Å². The third-order valence-electron chi connectivity index (χ3n) is 3.56. The Labute approximate surface area is 138 Å². The number of nitrogens with zero attached hydrogens (tertiary/aromatic N) is 1. The Kier molecular flexibility index (Phi) is 8.24. The monoisotopic (exact) mass is 328 g/mol. The normalized spacial score (nSPS) is 17.7. The Morgan fingerprint density at radius 2 is 2.14 bits per heavy atom. The highest BCUT2D eigenvalue weighted by Gasteiger charge is 2.24. The number of morpholine rings is 1. The summed E-state index contributed by atoms with van der Waals surface area (Å²) in [6, 6.07) is 7.33. The zero-order valence-electron chi connectivity index (χ0n) is 13.0. The van der Waals surface area contributed by atoms with Crippen LogP contribution in [-0.2, 0) is 4.74 Å². The van der Waals surface area contributed by atoms with Gasteiger partial charge < -0.3 is 20.1 Å². The van der Waals surface area contributed by atoms with Crippen LogP contribution in [0.3, 0.4) is 0 Å². The zero-order valence-corrected chi connectivity index (χ0v) is 13.8. The minimum absolute atomic E-state index is 0. The highest BCUT2D eigenvalue weighted by atomic mass is 35.5. The van der Waals surface area contributed by atoms with Gasteiger partial charge in [-0.05, 0) is 30.7 Å². The van der Waals surface area contributed by atoms with Gasteiger partial charge in [-0.25, -0.2) is 0 Å². The number of benzene rings is 1. The molecule has 1 aliphatic rings. The smallest absolute Gasteiger partial charge is 0.254 e. The summed E-state index contributed by atoms with van der Waals surface area (Å²) in [5.74, 6) is 0.832. The Balaban J connectivity index is 0.00000242. The van der Waals surface area contributed by atoms with E-state index in [4.69, 9.17) is 15.2 Å². The molecule has 1 aromatic carbocycles. The summed E-state index contributed by atoms with van der Waals surface area (Å²) >= 11 is 0. The number of ether oxygens (including phenoxy) is 2. The number of rotatable bonds is 6. The molecule has 0 spiro atoms. The molecule has 1 amide bonds. The average Bonchev–Trinajstić information content (AvgIpc) is 2.55. The van der Waals surface area contributed by atoms with Crippen molar-refractivity contribution in [2.24, 2.45) is 5.73 Å². The molecule has 0 radical (unpaired) electrons. The van der Waals surface area contributed by atoms with E-state index in [9.17, 15) is 4.79 Å². The van der Waals surface area contributed by atoms with Crippen LogP contribution >= 0.6 is 12.4 Å². The first-order valence-corrected chi connectivity index (χ1v) is 7.58. The summed E-state index contributed by atoms with van der Waals surface area (Å²) in [5.41, 5.74) is 6.28. The van der Waals surface area contributed by atoms with Crippen molar-refractivity contribution in [3.05, 3.63) is 29.8 Å². The van der Waals surface area contributed by atoms with Gasteiger partial charge in [0.15, 0.2) is 0 Å². The summed E-state index contributed by atoms with van der Waals surface area (Å²) in [4.78, 5) is 14.2. The zero-order chi connectivity index (χ0) is 15.1. The third kappa shape index (κ3) is 5.16. The van der Waals surface area contributed by atoms with Crippen LogP contribution in [0.2, 0.25) is 0 Å². The number of halogens is 1. The highest BCUT2D eigenvalue weighted by molar-refractivity contribution is 5.94. The summed E-state index contributed by atoms with van der Waals surface area (Å²) in [7, 11) is 0. The van der Waals surface area contributed by atoms with E-state index in [-0.39, 0.29) is 24.4 Å². The topological polar surface area (TPSA) is 64.8 Å². The molecule has 0 aliphatic carbocycles. The number of hydrogen-bond donors (Lipinski definition) is 1. The van der Waals surface area contributed by atoms with Crippen LogP contribution in [0.1, 0.15) is 30.1 Å². The van der Waals surface area contributed by atoms with Gasteiger partial charge >= 0.3 is 0 Å². The van der Waals surface area contributed by atoms with Gasteiger partial charge in [0.05, 0.1) is 19.3 Å². The largest absolute Gasteiger partial charge is 0.494 e. The van der Waals surface area contributed by atoms with Crippen molar-refractivity contribution >= 4 is 18.3 Å². The van der Waals surface area contributed by atoms with Crippen LogP contribution in [0.4, 0.5) is 0 Å². The van der Waals surface area contributed by atoms with Gasteiger partial charge in [0.1, 0.15) is 5.75 Å². The molecular weight excluding hydrogens is 304 g/mol. The second-order valence-electron chi connectivity index (χ2n) is 5.21. The van der Waals surface area contributed by atoms with Crippen molar-refractivity contribution < 1.29 is 14.3 Å². The first kappa shape index (κ1) is 18.7. The van der Waals surface area contributed by atoms with Gasteiger partial charge in [-0.2, -0.15) is 0 Å². The lowest BCUT2D eigenvalue weighted by molar-refractivity contribution is -0.0167. The van der Waals surface area contributed by atoms with Gasteiger partial charge in [-0.15, -0.1) is 12.4 Å². The van der Waals surface area contributed by atoms with Crippen molar-refractivity contribution in [2.45, 2.75) is 25.9 Å². The second-order valence-corrected chi connectivity index (χ2v) is 5.21. The quantitative estimate of drug-likeness (QED) is 0.812. The minimum atomic E-state index is -0.0562. The first-order valence-electron chi connectivity index (χ1n) is 7.58. The van der Waals surface area contributed by atoms with Gasteiger partial charge in [-0.1, -0.05) is 13.3 Å². The van der Waals surface area contributed by atoms with E-state index in [1.54, 1.807) is 4.90 Å². The maximum atomic E-state index is 12.4. The van der Waals surface area contributed by atoms with Crippen molar-refractivity contribution in [2.75, 3.05) is 32.8 Å². The Morgan fingerprint density at radius 1 is 1.41 bits per heavy atom. The van der Waals surface area contributed by atoms with E-state index < -0.39 is 0 Å². The molecule has 1 heterocycles. The fourth-order valence-corrected chi connectivity index (χ4v) is 2.26. The van der Waals surface area contributed by atoms with Crippen LogP contribution in [0.15, 0.2) is 24.3 Å². The summed E-state index contributed by atoms with van der Waals surface area (Å²) in [5, 5.41) is 0. The minimum Gasteiger partial charge on any atom is -0.494 e. The maximum Gasteiger partial charge on any atom is 0.254 e. The van der Waals surface area contributed by atoms with Crippen molar-refractivity contribution in [1.29, 1.82) is 0 Å². The molecule has 0 aromatic heterocycles. The van der Waals surface area contributed by atoms with Crippen LogP contribution in [0.5, 0.6) is 5.75 Å². The lowest BCUT2D eigenvalue weighted by Gasteiger charge is -2.32. The predicted octanol–water partition coefficient (Wildman–Crippen LogP) is 2.09. The molecule has 1 aliphatic heterocycles. The van der Waals surface area contributed by atoms with Crippen molar-refractivity contribution in [3.63, 3.8) is 0 Å². The number of carbonyl (C=O) groups is 1. The third-order valence-corrected chi connectivity index (χ3v) is 3.56. The lowest BCUT2D eigenvalue weighted by atomic mass is 10.1. The average molecular weight is 329 g/mol. The van der Waals surface area contributed by atoms with Crippen LogP contribution in [-0.4, -0.2) is 49.8 Å². The SMILES string of the molecule is CCCCOc1ccc(C(=O)N2CCOC(CN)C2)cc1.Cl. The Morgan fingerprint density at radius 3 is 2.77 bits per heavy atom. The van der Waals surface area contributed by atoms with Crippen LogP contribution < -0.4 is 10.5 Å². The fourth-order valence-electron chi connectivity index (χ4n) is 2.26. The molecule has 0 saturated carbocycles. The van der Waals surface area contributed by atoms with Gasteiger partial charge in [0.25, 0.3) is 5.91 Å². The molecule has 5 nitrogen and oxygen atoms in total. The fraction of sp³-hybridized carbons (Fsp3) is 0.562. The van der Waals surface area contributed by atoms with Gasteiger partial charge in [-0.3, -0.25) is 4.79 Å². The van der Waals surface area contributed by atoms with Gasteiger partial charge in [0.2, 0.25) is 0 Å². The van der Waals surface area contributed by atoms with Crippen molar-refractivity contribution in [3.8, 4) is 5.75 Å². The molecule has 124 valence electrons. The van der Waals surface area contributed by atoms with Crippen LogP contribution in [0, 0.1) is 0 Å². The molecular formula is C16H25ClN2O3. The van der Waals surface area contributed by atoms with E-state index in [0.717, 1.165) is 18.6 Å². The molecule has 6 heteroatoms. The van der Waals surface area contributed by atoms with E-state index in [1.807, 2.05) is 24.3 Å². The summed E-state index contributed by atoms with van der Waals surface area (Å²) in [6.07, 6.45) is 2.09. The summed E-state index contributed by atoms with van der Waals surface area (Å²) in [6.45, 7) is 5.00. The van der Waals surface area contributed by atoms with Crippen LogP contribution in [0.25, 0.3) is 0 Å². The van der Waals surface area contributed by atoms with Gasteiger partial charge in [0, 0.05) is 25.2 Å². The maximum absolute atomic E-state index is 12.4. The second kappa shape index (κ2) is 9.66. The molecule has 2 N–H and O–H groups in total. The lowest BCUT2D eigenvalue weighted by Crippen LogP contribution is -2.48. The number of unbranched alkanes of at least 4 members (excludes halogenated alkanes) is 1. The predicted molar refractivity (Wildman–Crippen MR) is 88.8 cm³/mol. The first-order chi connectivity index (χ1) is 10.2. The number of carbonyl (C=O) groups excluding carboxylic acids is 1. The number of hydrogen-bond acceptors (Lipinski definition) is 4. The number of amides is 1. The number of nitrogens with two attached hydrogens (primary N) is 1. The Hall–Kier alpha value is -1.30. The molecule has 2 rings (SSSR count). The molecule has 22 heavy (non-hydrogen) atoms. The molecule has 1 fully saturated rings. The highest BCUT2D eigenvalue weighted by Crippen LogP contribution is 2.15. The van der Waals surface area contributed by atoms with E-state index in [0.29, 0.717) is 38.4 Å². The molecule has 1 unspecified atom stereocenters. The standard InChI is InChI=1S/C16H24N2O3.ClH/c1-2-3-9-20-14-6-4-13(5-7-14)16(19)18-8-10-21-15(11-17)12-18;/h4-7,15H,2-3,8-12,17H2,1H3;1H. The molecule has 0 bridgehead atoms. The molecule has 1 aromatic rings. The Bertz CT molecular complexity index is 453. The molecule has 1 atom stereocenters. The molecule has 1 saturated heterocycles. The van der Waals surface area contributed by atoms with E-state index >= 15 is 0 Å². The van der Waals surface area contributed by atoms with E-state index in [2.05, 4.69) is 6.92 Å².